The summed E-state index contributed by atoms with van der Waals surface area (Å²) in [5.41, 5.74) is 0.824. The summed E-state index contributed by atoms with van der Waals surface area (Å²) >= 11 is 0. The van der Waals surface area contributed by atoms with E-state index in [1.54, 1.807) is 0 Å². The second-order valence-corrected chi connectivity index (χ2v) is 5.28. The third kappa shape index (κ3) is 3.29. The number of nitrogens with zero attached hydrogens (tertiary/aromatic N) is 3. The predicted molar refractivity (Wildman–Crippen MR) is 80.1 cm³/mol. The van der Waals surface area contributed by atoms with E-state index in [0.717, 1.165) is 36.8 Å². The van der Waals surface area contributed by atoms with Crippen molar-refractivity contribution in [1.29, 1.82) is 0 Å². The Labute approximate surface area is 124 Å². The highest BCUT2D eigenvalue weighted by Gasteiger charge is 2.16. The lowest BCUT2D eigenvalue weighted by Gasteiger charge is -2.20. The van der Waals surface area contributed by atoms with Crippen LogP contribution in [0.5, 0.6) is 5.88 Å². The number of ether oxygens (including phenoxy) is 1. The summed E-state index contributed by atoms with van der Waals surface area (Å²) in [5.74, 6) is 0.517. The van der Waals surface area contributed by atoms with Crippen molar-refractivity contribution in [3.05, 3.63) is 30.6 Å². The second-order valence-electron chi connectivity index (χ2n) is 5.28. The Morgan fingerprint density at radius 2 is 1.86 bits per heavy atom. The maximum atomic E-state index is 12.2. The van der Waals surface area contributed by atoms with Gasteiger partial charge >= 0.3 is 0 Å². The number of likely N-dealkylation sites (tertiary alicyclic amines) is 1. The molecule has 110 valence electrons. The minimum absolute atomic E-state index is 0.0413. The van der Waals surface area contributed by atoms with Crippen molar-refractivity contribution in [1.82, 2.24) is 14.9 Å². The largest absolute Gasteiger partial charge is 0.467 e. The van der Waals surface area contributed by atoms with Gasteiger partial charge in [0.1, 0.15) is 6.33 Å². The van der Waals surface area contributed by atoms with E-state index in [0.29, 0.717) is 5.88 Å². The maximum Gasteiger partial charge on any atom is 0.260 e. The third-order valence-electron chi connectivity index (χ3n) is 3.80. The summed E-state index contributed by atoms with van der Waals surface area (Å²) in [6.07, 6.45) is 6.06. The summed E-state index contributed by atoms with van der Waals surface area (Å²) in [6, 6.07) is 7.64. The molecule has 5 heteroatoms. The molecule has 1 aromatic heterocycles. The van der Waals surface area contributed by atoms with Gasteiger partial charge < -0.3 is 9.64 Å². The lowest BCUT2D eigenvalue weighted by atomic mass is 10.2. The number of hydrogen-bond donors (Lipinski definition) is 0. The smallest absolute Gasteiger partial charge is 0.260 e. The lowest BCUT2D eigenvalue weighted by Crippen LogP contribution is -2.35. The quantitative estimate of drug-likeness (QED) is 0.869. The number of hydrogen-bond acceptors (Lipinski definition) is 4. The van der Waals surface area contributed by atoms with E-state index in [1.165, 1.54) is 19.2 Å². The molecule has 0 N–H and O–H groups in total. The highest BCUT2D eigenvalue weighted by atomic mass is 16.5. The standard InChI is InChI=1S/C16H19N3O2/c20-15(19-9-5-1-2-6-10-19)11-21-16-13-7-3-4-8-14(13)17-12-18-16/h3-4,7-8,12H,1-2,5-6,9-11H2. The first-order valence-electron chi connectivity index (χ1n) is 7.45. The van der Waals surface area contributed by atoms with Crippen molar-refractivity contribution in [2.45, 2.75) is 25.7 Å². The molecule has 21 heavy (non-hydrogen) atoms. The second kappa shape index (κ2) is 6.52. The number of fused-ring (bicyclic) bond motifs is 1. The molecule has 0 unspecified atom stereocenters. The van der Waals surface area contributed by atoms with Crippen molar-refractivity contribution in [2.24, 2.45) is 0 Å². The highest BCUT2D eigenvalue weighted by molar-refractivity contribution is 5.84. The van der Waals surface area contributed by atoms with Crippen LogP contribution in [-0.4, -0.2) is 40.5 Å². The highest BCUT2D eigenvalue weighted by Crippen LogP contribution is 2.20. The average Bonchev–Trinajstić information content (AvgIpc) is 2.82. The van der Waals surface area contributed by atoms with Crippen LogP contribution in [0.3, 0.4) is 0 Å². The first-order chi connectivity index (χ1) is 10.3. The van der Waals surface area contributed by atoms with Crippen molar-refractivity contribution in [3.63, 3.8) is 0 Å². The Morgan fingerprint density at radius 3 is 2.67 bits per heavy atom. The average molecular weight is 285 g/mol. The predicted octanol–water partition coefficient (Wildman–Crippen LogP) is 2.41. The normalized spacial score (nSPS) is 15.7. The number of rotatable bonds is 3. The summed E-state index contributed by atoms with van der Waals surface area (Å²) in [6.45, 7) is 1.72. The number of aromatic nitrogens is 2. The van der Waals surface area contributed by atoms with Gasteiger partial charge in [-0.1, -0.05) is 25.0 Å². The molecule has 0 radical (unpaired) electrons. The van der Waals surface area contributed by atoms with Gasteiger partial charge in [0.15, 0.2) is 6.61 Å². The SMILES string of the molecule is O=C(COc1ncnc2ccccc12)N1CCCCCC1. The Morgan fingerprint density at radius 1 is 1.10 bits per heavy atom. The molecule has 0 bridgehead atoms. The van der Waals surface area contributed by atoms with Crippen molar-refractivity contribution < 1.29 is 9.53 Å². The van der Waals surface area contributed by atoms with Gasteiger partial charge in [-0.15, -0.1) is 0 Å². The van der Waals surface area contributed by atoms with Gasteiger partial charge in [-0.2, -0.15) is 0 Å². The fraction of sp³-hybridized carbons (Fsp3) is 0.438. The van der Waals surface area contributed by atoms with Crippen LogP contribution >= 0.6 is 0 Å². The van der Waals surface area contributed by atoms with Crippen LogP contribution in [0.1, 0.15) is 25.7 Å². The number of para-hydroxylation sites is 1. The van der Waals surface area contributed by atoms with Crippen LogP contribution < -0.4 is 4.74 Å². The van der Waals surface area contributed by atoms with Gasteiger partial charge in [0, 0.05) is 13.1 Å². The Kier molecular flexibility index (Phi) is 4.28. The topological polar surface area (TPSA) is 55.3 Å². The molecule has 5 nitrogen and oxygen atoms in total. The summed E-state index contributed by atoms with van der Waals surface area (Å²) in [4.78, 5) is 22.4. The first-order valence-corrected chi connectivity index (χ1v) is 7.45. The fourth-order valence-corrected chi connectivity index (χ4v) is 2.64. The molecule has 1 amide bonds. The van der Waals surface area contributed by atoms with Crippen LogP contribution in [-0.2, 0) is 4.79 Å². The molecule has 3 rings (SSSR count). The number of benzene rings is 1. The molecule has 1 aliphatic heterocycles. The zero-order chi connectivity index (χ0) is 14.5. The number of amides is 1. The molecule has 0 spiro atoms. The van der Waals surface area contributed by atoms with Crippen LogP contribution in [0.15, 0.2) is 30.6 Å². The Hall–Kier alpha value is -2.17. The fourth-order valence-electron chi connectivity index (χ4n) is 2.64. The molecule has 0 atom stereocenters. The van der Waals surface area contributed by atoms with E-state index in [4.69, 9.17) is 4.74 Å². The van der Waals surface area contributed by atoms with Crippen molar-refractivity contribution in [2.75, 3.05) is 19.7 Å². The lowest BCUT2D eigenvalue weighted by molar-refractivity contribution is -0.133. The molecule has 2 heterocycles. The number of carbonyl (C=O) groups is 1. The molecule has 1 aromatic carbocycles. The Balaban J connectivity index is 1.67. The zero-order valence-electron chi connectivity index (χ0n) is 12.0. The van der Waals surface area contributed by atoms with Gasteiger partial charge in [-0.05, 0) is 25.0 Å². The van der Waals surface area contributed by atoms with Gasteiger partial charge in [0.2, 0.25) is 5.88 Å². The molecule has 1 aliphatic rings. The van der Waals surface area contributed by atoms with Crippen molar-refractivity contribution in [3.8, 4) is 5.88 Å². The van der Waals surface area contributed by atoms with E-state index in [9.17, 15) is 4.79 Å². The zero-order valence-corrected chi connectivity index (χ0v) is 12.0. The monoisotopic (exact) mass is 285 g/mol. The van der Waals surface area contributed by atoms with Crippen LogP contribution in [0, 0.1) is 0 Å². The molecule has 0 saturated carbocycles. The molecular formula is C16H19N3O2. The number of carbonyl (C=O) groups excluding carboxylic acids is 1. The molecule has 2 aromatic rings. The van der Waals surface area contributed by atoms with E-state index in [2.05, 4.69) is 9.97 Å². The minimum Gasteiger partial charge on any atom is -0.467 e. The summed E-state index contributed by atoms with van der Waals surface area (Å²) in [5, 5.41) is 0.837. The van der Waals surface area contributed by atoms with Gasteiger partial charge in [0.25, 0.3) is 5.91 Å². The summed E-state index contributed by atoms with van der Waals surface area (Å²) in [7, 11) is 0. The minimum atomic E-state index is 0.0413. The van der Waals surface area contributed by atoms with E-state index < -0.39 is 0 Å². The van der Waals surface area contributed by atoms with E-state index in [1.807, 2.05) is 29.2 Å². The maximum absolute atomic E-state index is 12.2. The van der Waals surface area contributed by atoms with Crippen LogP contribution in [0.4, 0.5) is 0 Å². The molecule has 0 aliphatic carbocycles. The van der Waals surface area contributed by atoms with Crippen molar-refractivity contribution >= 4 is 16.8 Å². The van der Waals surface area contributed by atoms with Gasteiger partial charge in [-0.3, -0.25) is 4.79 Å². The van der Waals surface area contributed by atoms with Crippen LogP contribution in [0.2, 0.25) is 0 Å². The van der Waals surface area contributed by atoms with E-state index >= 15 is 0 Å². The molecule has 1 fully saturated rings. The molecular weight excluding hydrogens is 266 g/mol. The Bertz CT molecular complexity index is 616. The summed E-state index contributed by atoms with van der Waals surface area (Å²) < 4.78 is 5.63. The third-order valence-corrected chi connectivity index (χ3v) is 3.80. The van der Waals surface area contributed by atoms with Crippen LogP contribution in [0.25, 0.3) is 10.9 Å². The van der Waals surface area contributed by atoms with Gasteiger partial charge in [-0.25, -0.2) is 9.97 Å². The van der Waals surface area contributed by atoms with E-state index in [-0.39, 0.29) is 12.5 Å². The molecule has 1 saturated heterocycles. The first kappa shape index (κ1) is 13.8. The van der Waals surface area contributed by atoms with Gasteiger partial charge in [0.05, 0.1) is 10.9 Å².